The van der Waals surface area contributed by atoms with E-state index >= 15 is 0 Å². The molecular weight excluding hydrogens is 414 g/mol. The predicted molar refractivity (Wildman–Crippen MR) is 103 cm³/mol. The molecule has 1 unspecified atom stereocenters. The lowest BCUT2D eigenvalue weighted by Gasteiger charge is -2.32. The van der Waals surface area contributed by atoms with Gasteiger partial charge in [-0.05, 0) is 52.3 Å². The van der Waals surface area contributed by atoms with Crippen molar-refractivity contribution in [3.63, 3.8) is 0 Å². The Hall–Kier alpha value is -2.58. The first-order valence-corrected chi connectivity index (χ1v) is 9.25. The molecule has 0 N–H and O–H groups in total. The average Bonchev–Trinajstić information content (AvgIpc) is 3.09. The number of hydrogen-bond acceptors (Lipinski definition) is 5. The molecule has 1 saturated heterocycles. The molecule has 0 radical (unpaired) electrons. The first-order valence-electron chi connectivity index (χ1n) is 8.46. The van der Waals surface area contributed by atoms with E-state index in [9.17, 15) is 4.79 Å². The minimum atomic E-state index is -0.233. The number of carbonyl (C=O) groups is 1. The zero-order chi connectivity index (χ0) is 18.8. The van der Waals surface area contributed by atoms with Crippen LogP contribution in [0.1, 0.15) is 0 Å². The maximum Gasteiger partial charge on any atom is 0.253 e. The number of benzene rings is 1. The van der Waals surface area contributed by atoms with E-state index in [0.29, 0.717) is 18.9 Å². The summed E-state index contributed by atoms with van der Waals surface area (Å²) in [4.78, 5) is 18.3. The number of aromatic nitrogens is 2. The Morgan fingerprint density at radius 3 is 2.89 bits per heavy atom. The zero-order valence-corrected chi connectivity index (χ0v) is 16.3. The maximum absolute atomic E-state index is 12.3. The lowest BCUT2D eigenvalue weighted by molar-refractivity contribution is -0.130. The van der Waals surface area contributed by atoms with Gasteiger partial charge in [0.05, 0.1) is 19.9 Å². The van der Waals surface area contributed by atoms with Crippen molar-refractivity contribution in [2.24, 2.45) is 0 Å². The van der Waals surface area contributed by atoms with E-state index in [4.69, 9.17) is 14.2 Å². The standard InChI is InChI=1S/C19H18BrN3O4/c1-25-14-6-4-13(5-7-14)23-10-15(26-12-18(23)24)11-27-16-3-2-8-22-17(20)9-21-19(16)22/h2-9,15H,10-12H2,1H3. The molecule has 1 fully saturated rings. The van der Waals surface area contributed by atoms with Crippen LogP contribution >= 0.6 is 15.9 Å². The van der Waals surface area contributed by atoms with Gasteiger partial charge in [-0.1, -0.05) is 0 Å². The fourth-order valence-corrected chi connectivity index (χ4v) is 3.38. The molecule has 1 aliphatic rings. The molecule has 140 valence electrons. The fraction of sp³-hybridized carbons (Fsp3) is 0.263. The van der Waals surface area contributed by atoms with E-state index in [0.717, 1.165) is 21.7 Å². The molecule has 1 aromatic carbocycles. The molecule has 1 amide bonds. The molecule has 0 bridgehead atoms. The Morgan fingerprint density at radius 1 is 1.30 bits per heavy atom. The summed E-state index contributed by atoms with van der Waals surface area (Å²) in [6.45, 7) is 0.773. The lowest BCUT2D eigenvalue weighted by Crippen LogP contribution is -2.48. The molecule has 4 rings (SSSR count). The normalized spacial score (nSPS) is 17.3. The van der Waals surface area contributed by atoms with Gasteiger partial charge in [0, 0.05) is 11.9 Å². The number of halogens is 1. The Kier molecular flexibility index (Phi) is 5.00. The van der Waals surface area contributed by atoms with Crippen LogP contribution in [0.5, 0.6) is 11.5 Å². The third-order valence-corrected chi connectivity index (χ3v) is 4.98. The molecule has 0 spiro atoms. The van der Waals surface area contributed by atoms with E-state index in [1.54, 1.807) is 18.2 Å². The number of pyridine rings is 1. The van der Waals surface area contributed by atoms with Crippen LogP contribution in [0.4, 0.5) is 5.69 Å². The fourth-order valence-electron chi connectivity index (χ4n) is 2.99. The van der Waals surface area contributed by atoms with Gasteiger partial charge in [0.25, 0.3) is 5.91 Å². The summed E-state index contributed by atoms with van der Waals surface area (Å²) in [6, 6.07) is 11.2. The Labute approximate surface area is 164 Å². The average molecular weight is 432 g/mol. The van der Waals surface area contributed by atoms with Gasteiger partial charge in [0.2, 0.25) is 0 Å². The third-order valence-electron chi connectivity index (χ3n) is 4.39. The molecule has 1 aliphatic heterocycles. The topological polar surface area (TPSA) is 65.3 Å². The summed E-state index contributed by atoms with van der Waals surface area (Å²) in [5.74, 6) is 1.34. The molecule has 0 saturated carbocycles. The number of nitrogens with zero attached hydrogens (tertiary/aromatic N) is 3. The number of methoxy groups -OCH3 is 1. The van der Waals surface area contributed by atoms with Crippen molar-refractivity contribution in [2.45, 2.75) is 6.10 Å². The molecule has 8 heteroatoms. The van der Waals surface area contributed by atoms with Gasteiger partial charge in [0.15, 0.2) is 11.4 Å². The summed E-state index contributed by atoms with van der Waals surface area (Å²) in [7, 11) is 1.61. The van der Waals surface area contributed by atoms with Crippen molar-refractivity contribution >= 4 is 33.2 Å². The van der Waals surface area contributed by atoms with E-state index in [2.05, 4.69) is 20.9 Å². The highest BCUT2D eigenvalue weighted by Gasteiger charge is 2.28. The van der Waals surface area contributed by atoms with Crippen molar-refractivity contribution in [3.8, 4) is 11.5 Å². The summed E-state index contributed by atoms with van der Waals surface area (Å²) in [6.07, 6.45) is 3.40. The Bertz CT molecular complexity index is 957. The monoisotopic (exact) mass is 431 g/mol. The van der Waals surface area contributed by atoms with Crippen LogP contribution < -0.4 is 14.4 Å². The summed E-state index contributed by atoms with van der Waals surface area (Å²) >= 11 is 3.45. The predicted octanol–water partition coefficient (Wildman–Crippen LogP) is 2.92. The Balaban J connectivity index is 1.45. The van der Waals surface area contributed by atoms with Gasteiger partial charge in [-0.3, -0.25) is 9.20 Å². The van der Waals surface area contributed by atoms with Crippen molar-refractivity contribution in [2.75, 3.05) is 31.8 Å². The molecule has 0 aliphatic carbocycles. The van der Waals surface area contributed by atoms with Crippen LogP contribution in [0.3, 0.4) is 0 Å². The second-order valence-corrected chi connectivity index (χ2v) is 6.91. The van der Waals surface area contributed by atoms with Gasteiger partial charge in [-0.2, -0.15) is 0 Å². The van der Waals surface area contributed by atoms with E-state index in [1.165, 1.54) is 0 Å². The third kappa shape index (κ3) is 3.63. The molecule has 7 nitrogen and oxygen atoms in total. The largest absolute Gasteiger partial charge is 0.497 e. The summed E-state index contributed by atoms with van der Waals surface area (Å²) < 4.78 is 19.5. The maximum atomic E-state index is 12.3. The van der Waals surface area contributed by atoms with Gasteiger partial charge in [0.1, 0.15) is 29.7 Å². The van der Waals surface area contributed by atoms with E-state index < -0.39 is 0 Å². The first kappa shape index (κ1) is 17.8. The quantitative estimate of drug-likeness (QED) is 0.621. The summed E-state index contributed by atoms with van der Waals surface area (Å²) in [5, 5.41) is 0. The number of ether oxygens (including phenoxy) is 3. The smallest absolute Gasteiger partial charge is 0.253 e. The second kappa shape index (κ2) is 7.58. The van der Waals surface area contributed by atoms with Crippen molar-refractivity contribution in [3.05, 3.63) is 53.4 Å². The highest BCUT2D eigenvalue weighted by atomic mass is 79.9. The highest BCUT2D eigenvalue weighted by molar-refractivity contribution is 9.10. The molecule has 3 aromatic rings. The number of morpholine rings is 1. The van der Waals surface area contributed by atoms with Crippen molar-refractivity contribution in [1.82, 2.24) is 9.38 Å². The van der Waals surface area contributed by atoms with Gasteiger partial charge >= 0.3 is 0 Å². The van der Waals surface area contributed by atoms with E-state index in [1.807, 2.05) is 47.0 Å². The number of imidazole rings is 1. The molecule has 2 aromatic heterocycles. The van der Waals surface area contributed by atoms with Gasteiger partial charge in [-0.25, -0.2) is 4.98 Å². The zero-order valence-electron chi connectivity index (χ0n) is 14.7. The lowest BCUT2D eigenvalue weighted by atomic mass is 10.2. The van der Waals surface area contributed by atoms with Crippen LogP contribution in [0, 0.1) is 0 Å². The number of carbonyl (C=O) groups excluding carboxylic acids is 1. The Morgan fingerprint density at radius 2 is 2.11 bits per heavy atom. The van der Waals surface area contributed by atoms with Crippen molar-refractivity contribution < 1.29 is 19.0 Å². The number of rotatable bonds is 5. The van der Waals surface area contributed by atoms with Crippen LogP contribution in [0.2, 0.25) is 0 Å². The van der Waals surface area contributed by atoms with Crippen LogP contribution in [0.15, 0.2) is 53.4 Å². The van der Waals surface area contributed by atoms with E-state index in [-0.39, 0.29) is 18.6 Å². The number of anilines is 1. The number of amides is 1. The number of fused-ring (bicyclic) bond motifs is 1. The van der Waals surface area contributed by atoms with Crippen LogP contribution in [0.25, 0.3) is 5.65 Å². The second-order valence-electron chi connectivity index (χ2n) is 6.09. The van der Waals surface area contributed by atoms with Crippen LogP contribution in [-0.2, 0) is 9.53 Å². The van der Waals surface area contributed by atoms with Crippen molar-refractivity contribution in [1.29, 1.82) is 0 Å². The molecule has 1 atom stereocenters. The molecule has 27 heavy (non-hydrogen) atoms. The summed E-state index contributed by atoms with van der Waals surface area (Å²) in [5.41, 5.74) is 1.54. The minimum absolute atomic E-state index is 0.0270. The van der Waals surface area contributed by atoms with Crippen LogP contribution in [-0.4, -0.2) is 48.3 Å². The highest BCUT2D eigenvalue weighted by Crippen LogP contribution is 2.24. The number of hydrogen-bond donors (Lipinski definition) is 0. The van der Waals surface area contributed by atoms with Gasteiger partial charge < -0.3 is 19.1 Å². The molecular formula is C19H18BrN3O4. The SMILES string of the molecule is COc1ccc(N2CC(COc3cccn4c(Br)cnc34)OCC2=O)cc1. The minimum Gasteiger partial charge on any atom is -0.497 e. The molecule has 3 heterocycles. The van der Waals surface area contributed by atoms with Gasteiger partial charge in [-0.15, -0.1) is 0 Å². The first-order chi connectivity index (χ1) is 13.2.